The number of hydrogen-bond acceptors (Lipinski definition) is 2. The van der Waals surface area contributed by atoms with Crippen LogP contribution in [0.25, 0.3) is 10.8 Å². The van der Waals surface area contributed by atoms with Crippen LogP contribution >= 0.6 is 0 Å². The molecule has 0 atom stereocenters. The van der Waals surface area contributed by atoms with Gasteiger partial charge in [0.1, 0.15) is 12.4 Å². The van der Waals surface area contributed by atoms with Gasteiger partial charge in [-0.2, -0.15) is 0 Å². The number of rotatable bonds is 5. The monoisotopic (exact) mass is 381 g/mol. The Labute approximate surface area is 171 Å². The number of carbonyl (C=O) groups excluding carboxylic acids is 1. The van der Waals surface area contributed by atoms with Crippen molar-refractivity contribution in [2.75, 3.05) is 11.9 Å². The summed E-state index contributed by atoms with van der Waals surface area (Å²) in [5.41, 5.74) is 3.57. The van der Waals surface area contributed by atoms with E-state index in [9.17, 15) is 4.79 Å². The van der Waals surface area contributed by atoms with Crippen molar-refractivity contribution in [3.05, 3.63) is 108 Å². The average Bonchev–Trinajstić information content (AvgIpc) is 2.77. The van der Waals surface area contributed by atoms with Gasteiger partial charge in [0.05, 0.1) is 0 Å². The highest BCUT2D eigenvalue weighted by Crippen LogP contribution is 2.25. The fraction of sp³-hybridized carbons (Fsp3) is 0.115. The Morgan fingerprint density at radius 2 is 1.45 bits per heavy atom. The maximum Gasteiger partial charge on any atom is 0.258 e. The zero-order valence-corrected chi connectivity index (χ0v) is 16.6. The molecule has 0 aliphatic carbocycles. The van der Waals surface area contributed by atoms with Crippen molar-refractivity contribution in [1.82, 2.24) is 0 Å². The molecule has 4 rings (SSSR count). The summed E-state index contributed by atoms with van der Waals surface area (Å²) in [6, 6.07) is 29.7. The quantitative estimate of drug-likeness (QED) is 0.424. The van der Waals surface area contributed by atoms with Crippen LogP contribution in [0.3, 0.4) is 0 Å². The minimum atomic E-state index is -0.0514. The molecule has 4 aromatic carbocycles. The van der Waals surface area contributed by atoms with Crippen LogP contribution in [0.4, 0.5) is 5.69 Å². The second-order valence-electron chi connectivity index (χ2n) is 7.16. The van der Waals surface area contributed by atoms with E-state index in [-0.39, 0.29) is 5.91 Å². The molecule has 144 valence electrons. The molecule has 29 heavy (non-hydrogen) atoms. The highest BCUT2D eigenvalue weighted by atomic mass is 16.5. The van der Waals surface area contributed by atoms with E-state index in [1.807, 2.05) is 85.8 Å². The van der Waals surface area contributed by atoms with Crippen LogP contribution in [0.2, 0.25) is 0 Å². The highest BCUT2D eigenvalue weighted by Gasteiger charge is 2.18. The van der Waals surface area contributed by atoms with E-state index in [2.05, 4.69) is 12.1 Å². The van der Waals surface area contributed by atoms with Crippen molar-refractivity contribution in [3.8, 4) is 5.75 Å². The van der Waals surface area contributed by atoms with Gasteiger partial charge in [-0.3, -0.25) is 4.79 Å². The van der Waals surface area contributed by atoms with Crippen LogP contribution in [0.1, 0.15) is 21.5 Å². The highest BCUT2D eigenvalue weighted by molar-refractivity contribution is 6.08. The molecule has 0 N–H and O–H groups in total. The first kappa shape index (κ1) is 18.8. The third kappa shape index (κ3) is 4.14. The molecule has 0 radical (unpaired) electrons. The zero-order valence-electron chi connectivity index (χ0n) is 16.6. The second-order valence-corrected chi connectivity index (χ2v) is 7.16. The molecule has 3 nitrogen and oxygen atoms in total. The molecule has 0 fully saturated rings. The van der Waals surface area contributed by atoms with E-state index in [1.54, 1.807) is 11.9 Å². The van der Waals surface area contributed by atoms with Gasteiger partial charge in [-0.25, -0.2) is 0 Å². The molecule has 0 spiro atoms. The van der Waals surface area contributed by atoms with Crippen LogP contribution in [0.5, 0.6) is 5.75 Å². The minimum Gasteiger partial charge on any atom is -0.489 e. The summed E-state index contributed by atoms with van der Waals surface area (Å²) in [6.45, 7) is 2.38. The molecule has 0 aromatic heterocycles. The van der Waals surface area contributed by atoms with E-state index in [1.165, 1.54) is 5.56 Å². The molecule has 0 heterocycles. The lowest BCUT2D eigenvalue weighted by molar-refractivity contribution is 0.0990. The van der Waals surface area contributed by atoms with Crippen molar-refractivity contribution in [2.24, 2.45) is 0 Å². The fourth-order valence-electron chi connectivity index (χ4n) is 3.35. The van der Waals surface area contributed by atoms with Gasteiger partial charge in [0.15, 0.2) is 0 Å². The van der Waals surface area contributed by atoms with Crippen molar-refractivity contribution in [1.29, 1.82) is 0 Å². The summed E-state index contributed by atoms with van der Waals surface area (Å²) >= 11 is 0. The van der Waals surface area contributed by atoms with Crippen LogP contribution in [0, 0.1) is 6.92 Å². The summed E-state index contributed by atoms with van der Waals surface area (Å²) in [5.74, 6) is 0.739. The molecule has 0 aliphatic heterocycles. The number of carbonyl (C=O) groups is 1. The van der Waals surface area contributed by atoms with Crippen molar-refractivity contribution in [2.45, 2.75) is 13.5 Å². The van der Waals surface area contributed by atoms with Crippen molar-refractivity contribution >= 4 is 22.4 Å². The fourth-order valence-corrected chi connectivity index (χ4v) is 3.35. The smallest absolute Gasteiger partial charge is 0.258 e. The maximum absolute atomic E-state index is 13.3. The molecule has 4 aromatic rings. The summed E-state index contributed by atoms with van der Waals surface area (Å²) in [6.07, 6.45) is 0. The third-order valence-corrected chi connectivity index (χ3v) is 5.07. The molecule has 1 amide bonds. The summed E-state index contributed by atoms with van der Waals surface area (Å²) in [7, 11) is 1.80. The SMILES string of the molecule is Cc1ccc(OCc2cc3ccccc3cc2C(=O)N(C)c2ccccc2)cc1. The number of benzene rings is 4. The number of nitrogens with zero attached hydrogens (tertiary/aromatic N) is 1. The van der Waals surface area contributed by atoms with Crippen molar-refractivity contribution in [3.63, 3.8) is 0 Å². The van der Waals surface area contributed by atoms with E-state index < -0.39 is 0 Å². The van der Waals surface area contributed by atoms with Gasteiger partial charge >= 0.3 is 0 Å². The van der Waals surface area contributed by atoms with E-state index >= 15 is 0 Å². The summed E-state index contributed by atoms with van der Waals surface area (Å²) in [4.78, 5) is 15.0. The second kappa shape index (κ2) is 8.19. The van der Waals surface area contributed by atoms with E-state index in [0.29, 0.717) is 12.2 Å². The standard InChI is InChI=1S/C26H23NO2/c1-19-12-14-24(15-13-19)29-18-22-16-20-8-6-7-9-21(20)17-25(22)26(28)27(2)23-10-4-3-5-11-23/h3-17H,18H2,1-2H3. The molecule has 0 unspecified atom stereocenters. The topological polar surface area (TPSA) is 29.5 Å². The van der Waals surface area contributed by atoms with Gasteiger partial charge in [-0.05, 0) is 54.1 Å². The zero-order chi connectivity index (χ0) is 20.2. The lowest BCUT2D eigenvalue weighted by atomic mass is 10.00. The van der Waals surface area contributed by atoms with Gasteiger partial charge < -0.3 is 9.64 Å². The van der Waals surface area contributed by atoms with Crippen LogP contribution < -0.4 is 9.64 Å². The normalized spacial score (nSPS) is 10.7. The van der Waals surface area contributed by atoms with Gasteiger partial charge in [0, 0.05) is 23.9 Å². The lowest BCUT2D eigenvalue weighted by Gasteiger charge is -2.20. The number of ether oxygens (including phenoxy) is 1. The van der Waals surface area contributed by atoms with Crippen LogP contribution in [0.15, 0.2) is 91.0 Å². The summed E-state index contributed by atoms with van der Waals surface area (Å²) in [5, 5.41) is 2.13. The first-order chi connectivity index (χ1) is 14.1. The Morgan fingerprint density at radius 3 is 2.14 bits per heavy atom. The Kier molecular flexibility index (Phi) is 5.30. The maximum atomic E-state index is 13.3. The van der Waals surface area contributed by atoms with E-state index in [0.717, 1.165) is 27.8 Å². The first-order valence-electron chi connectivity index (χ1n) is 9.66. The third-order valence-electron chi connectivity index (χ3n) is 5.07. The molecular weight excluding hydrogens is 358 g/mol. The number of hydrogen-bond donors (Lipinski definition) is 0. The Hall–Kier alpha value is -3.59. The van der Waals surface area contributed by atoms with Gasteiger partial charge in [-0.1, -0.05) is 60.2 Å². The Morgan fingerprint density at radius 1 is 0.828 bits per heavy atom. The van der Waals surface area contributed by atoms with Gasteiger partial charge in [-0.15, -0.1) is 0 Å². The minimum absolute atomic E-state index is 0.0514. The molecule has 0 saturated heterocycles. The van der Waals surface area contributed by atoms with Crippen molar-refractivity contribution < 1.29 is 9.53 Å². The largest absolute Gasteiger partial charge is 0.489 e. The lowest BCUT2D eigenvalue weighted by Crippen LogP contribution is -2.27. The number of anilines is 1. The molecule has 0 aliphatic rings. The molecular formula is C26H23NO2. The number of amides is 1. The Balaban J connectivity index is 1.69. The number of para-hydroxylation sites is 1. The molecule has 0 saturated carbocycles. The Bertz CT molecular complexity index is 1130. The average molecular weight is 381 g/mol. The van der Waals surface area contributed by atoms with Gasteiger partial charge in [0.2, 0.25) is 0 Å². The van der Waals surface area contributed by atoms with Gasteiger partial charge in [0.25, 0.3) is 5.91 Å². The van der Waals surface area contributed by atoms with Crippen LogP contribution in [-0.4, -0.2) is 13.0 Å². The molecule has 3 heteroatoms. The predicted octanol–water partition coefficient (Wildman–Crippen LogP) is 6.00. The number of fused-ring (bicyclic) bond motifs is 1. The summed E-state index contributed by atoms with van der Waals surface area (Å²) < 4.78 is 6.00. The molecule has 0 bridgehead atoms. The number of aryl methyl sites for hydroxylation is 1. The first-order valence-corrected chi connectivity index (χ1v) is 9.66. The van der Waals surface area contributed by atoms with E-state index in [4.69, 9.17) is 4.74 Å². The predicted molar refractivity (Wildman–Crippen MR) is 119 cm³/mol. The van der Waals surface area contributed by atoms with Crippen LogP contribution in [-0.2, 0) is 6.61 Å².